The molecular formula is C9H21NO. The van der Waals surface area contributed by atoms with Crippen LogP contribution in [0.15, 0.2) is 0 Å². The Morgan fingerprint density at radius 3 is 2.36 bits per heavy atom. The molecule has 0 rings (SSSR count). The van der Waals surface area contributed by atoms with Crippen molar-refractivity contribution >= 4 is 0 Å². The quantitative estimate of drug-likeness (QED) is 0.614. The Morgan fingerprint density at radius 2 is 2.00 bits per heavy atom. The monoisotopic (exact) mass is 159 g/mol. The van der Waals surface area contributed by atoms with E-state index in [0.717, 1.165) is 18.9 Å². The van der Waals surface area contributed by atoms with Crippen molar-refractivity contribution in [3.05, 3.63) is 0 Å². The molecule has 0 fully saturated rings. The van der Waals surface area contributed by atoms with Gasteiger partial charge >= 0.3 is 0 Å². The molecule has 2 nitrogen and oxygen atoms in total. The molecule has 0 heterocycles. The van der Waals surface area contributed by atoms with Gasteiger partial charge in [0.15, 0.2) is 0 Å². The second-order valence-corrected chi connectivity index (χ2v) is 3.42. The van der Waals surface area contributed by atoms with Gasteiger partial charge in [-0.05, 0) is 25.3 Å². The fourth-order valence-corrected chi connectivity index (χ4v) is 0.914. The zero-order valence-corrected chi connectivity index (χ0v) is 7.93. The van der Waals surface area contributed by atoms with Gasteiger partial charge in [-0.1, -0.05) is 20.8 Å². The van der Waals surface area contributed by atoms with Gasteiger partial charge in [0.1, 0.15) is 0 Å². The van der Waals surface area contributed by atoms with Gasteiger partial charge in [-0.25, -0.2) is 0 Å². The first-order valence-corrected chi connectivity index (χ1v) is 4.55. The summed E-state index contributed by atoms with van der Waals surface area (Å²) in [6, 6.07) is 0.300. The van der Waals surface area contributed by atoms with Crippen molar-refractivity contribution in [2.45, 2.75) is 39.7 Å². The molecule has 68 valence electrons. The predicted molar refractivity (Wildman–Crippen MR) is 48.6 cm³/mol. The first-order valence-electron chi connectivity index (χ1n) is 4.55. The van der Waals surface area contributed by atoms with Crippen LogP contribution >= 0.6 is 0 Å². The number of aliphatic hydroxyl groups excluding tert-OH is 1. The van der Waals surface area contributed by atoms with Crippen LogP contribution in [0.4, 0.5) is 0 Å². The van der Waals surface area contributed by atoms with Crippen molar-refractivity contribution < 1.29 is 5.11 Å². The Bertz CT molecular complexity index is 79.6. The van der Waals surface area contributed by atoms with Gasteiger partial charge < -0.3 is 10.4 Å². The molecule has 11 heavy (non-hydrogen) atoms. The Balaban J connectivity index is 3.21. The lowest BCUT2D eigenvalue weighted by Crippen LogP contribution is -2.32. The van der Waals surface area contributed by atoms with Gasteiger partial charge in [0.05, 0.1) is 6.61 Å². The van der Waals surface area contributed by atoms with Gasteiger partial charge in [-0.3, -0.25) is 0 Å². The molecule has 0 amide bonds. The minimum absolute atomic E-state index is 0.259. The summed E-state index contributed by atoms with van der Waals surface area (Å²) in [7, 11) is 0. The molecule has 0 aliphatic carbocycles. The third-order valence-corrected chi connectivity index (χ3v) is 1.87. The third kappa shape index (κ3) is 6.32. The van der Waals surface area contributed by atoms with E-state index >= 15 is 0 Å². The second-order valence-electron chi connectivity index (χ2n) is 3.42. The van der Waals surface area contributed by atoms with E-state index in [1.807, 2.05) is 0 Å². The zero-order chi connectivity index (χ0) is 8.69. The Morgan fingerprint density at radius 1 is 1.36 bits per heavy atom. The SMILES string of the molecule is CC[C@H](CO)NCCC(C)C. The molecule has 0 aromatic rings. The maximum absolute atomic E-state index is 8.83. The molecule has 0 bridgehead atoms. The first-order chi connectivity index (χ1) is 5.20. The highest BCUT2D eigenvalue weighted by Gasteiger charge is 2.02. The van der Waals surface area contributed by atoms with Crippen molar-refractivity contribution in [1.29, 1.82) is 0 Å². The van der Waals surface area contributed by atoms with Crippen LogP contribution in [0, 0.1) is 5.92 Å². The van der Waals surface area contributed by atoms with Gasteiger partial charge in [-0.15, -0.1) is 0 Å². The van der Waals surface area contributed by atoms with E-state index in [4.69, 9.17) is 5.11 Å². The van der Waals surface area contributed by atoms with Crippen LogP contribution in [0.5, 0.6) is 0 Å². The van der Waals surface area contributed by atoms with Gasteiger partial charge in [0, 0.05) is 6.04 Å². The molecular weight excluding hydrogens is 138 g/mol. The van der Waals surface area contributed by atoms with Gasteiger partial charge in [-0.2, -0.15) is 0 Å². The van der Waals surface area contributed by atoms with E-state index in [1.165, 1.54) is 6.42 Å². The first kappa shape index (κ1) is 10.9. The van der Waals surface area contributed by atoms with Crippen molar-refractivity contribution in [3.63, 3.8) is 0 Å². The highest BCUT2D eigenvalue weighted by atomic mass is 16.3. The van der Waals surface area contributed by atoms with Crippen LogP contribution < -0.4 is 5.32 Å². The number of hydrogen-bond donors (Lipinski definition) is 2. The van der Waals surface area contributed by atoms with Crippen molar-refractivity contribution in [2.24, 2.45) is 5.92 Å². The lowest BCUT2D eigenvalue weighted by atomic mass is 10.1. The number of hydrogen-bond acceptors (Lipinski definition) is 2. The summed E-state index contributed by atoms with van der Waals surface area (Å²) in [6.07, 6.45) is 2.20. The lowest BCUT2D eigenvalue weighted by molar-refractivity contribution is 0.237. The summed E-state index contributed by atoms with van der Waals surface area (Å²) in [5.74, 6) is 0.749. The van der Waals surface area contributed by atoms with E-state index in [0.29, 0.717) is 6.04 Å². The zero-order valence-electron chi connectivity index (χ0n) is 7.93. The van der Waals surface area contributed by atoms with Crippen LogP contribution in [0.2, 0.25) is 0 Å². The van der Waals surface area contributed by atoms with Gasteiger partial charge in [0.2, 0.25) is 0 Å². The second kappa shape index (κ2) is 6.62. The summed E-state index contributed by atoms with van der Waals surface area (Å²) >= 11 is 0. The minimum Gasteiger partial charge on any atom is -0.395 e. The topological polar surface area (TPSA) is 32.3 Å². The Kier molecular flexibility index (Phi) is 6.57. The normalized spacial score (nSPS) is 13.9. The fourth-order valence-electron chi connectivity index (χ4n) is 0.914. The van der Waals surface area contributed by atoms with E-state index in [9.17, 15) is 0 Å². The number of rotatable bonds is 6. The molecule has 1 atom stereocenters. The lowest BCUT2D eigenvalue weighted by Gasteiger charge is -2.14. The summed E-state index contributed by atoms with van der Waals surface area (Å²) in [4.78, 5) is 0. The maximum Gasteiger partial charge on any atom is 0.0584 e. The van der Waals surface area contributed by atoms with E-state index in [1.54, 1.807) is 0 Å². The average molecular weight is 159 g/mol. The average Bonchev–Trinajstić information content (AvgIpc) is 1.98. The summed E-state index contributed by atoms with van der Waals surface area (Å²) in [5, 5.41) is 12.1. The van der Waals surface area contributed by atoms with E-state index in [-0.39, 0.29) is 6.61 Å². The molecule has 2 heteroatoms. The highest BCUT2D eigenvalue weighted by molar-refractivity contribution is 4.62. The standard InChI is InChI=1S/C9H21NO/c1-4-9(7-11)10-6-5-8(2)3/h8-11H,4-7H2,1-3H3/t9-/m1/s1. The van der Waals surface area contributed by atoms with E-state index < -0.39 is 0 Å². The predicted octanol–water partition coefficient (Wildman–Crippen LogP) is 1.39. The molecule has 0 radical (unpaired) electrons. The third-order valence-electron chi connectivity index (χ3n) is 1.87. The largest absolute Gasteiger partial charge is 0.395 e. The maximum atomic E-state index is 8.83. The van der Waals surface area contributed by atoms with Crippen LogP contribution in [0.3, 0.4) is 0 Å². The summed E-state index contributed by atoms with van der Waals surface area (Å²) in [6.45, 7) is 7.79. The number of aliphatic hydroxyl groups is 1. The molecule has 0 aromatic carbocycles. The molecule has 0 spiro atoms. The smallest absolute Gasteiger partial charge is 0.0584 e. The minimum atomic E-state index is 0.259. The van der Waals surface area contributed by atoms with Crippen molar-refractivity contribution in [1.82, 2.24) is 5.32 Å². The summed E-state index contributed by atoms with van der Waals surface area (Å²) < 4.78 is 0. The Labute approximate surface area is 70.0 Å². The Hall–Kier alpha value is -0.0800. The van der Waals surface area contributed by atoms with Crippen molar-refractivity contribution in [3.8, 4) is 0 Å². The molecule has 0 aromatic heterocycles. The molecule has 0 saturated carbocycles. The highest BCUT2D eigenvalue weighted by Crippen LogP contribution is 1.97. The van der Waals surface area contributed by atoms with Crippen LogP contribution in [0.25, 0.3) is 0 Å². The van der Waals surface area contributed by atoms with Crippen LogP contribution in [0.1, 0.15) is 33.6 Å². The molecule has 2 N–H and O–H groups in total. The molecule has 0 aliphatic rings. The van der Waals surface area contributed by atoms with E-state index in [2.05, 4.69) is 26.1 Å². The molecule has 0 aliphatic heterocycles. The molecule has 0 unspecified atom stereocenters. The summed E-state index contributed by atoms with van der Waals surface area (Å²) in [5.41, 5.74) is 0. The van der Waals surface area contributed by atoms with Gasteiger partial charge in [0.25, 0.3) is 0 Å². The fraction of sp³-hybridized carbons (Fsp3) is 1.00. The van der Waals surface area contributed by atoms with Crippen molar-refractivity contribution in [2.75, 3.05) is 13.2 Å². The molecule has 0 saturated heterocycles. The van der Waals surface area contributed by atoms with Crippen LogP contribution in [-0.2, 0) is 0 Å². The van der Waals surface area contributed by atoms with Crippen LogP contribution in [-0.4, -0.2) is 24.3 Å². The number of nitrogens with one attached hydrogen (secondary N) is 1.